The highest BCUT2D eigenvalue weighted by Crippen LogP contribution is 2.20. The molecule has 1 N–H and O–H groups in total. The average Bonchev–Trinajstić information content (AvgIpc) is 2.35. The zero-order valence-electron chi connectivity index (χ0n) is 12.2. The molecule has 1 rings (SSSR count). The van der Waals surface area contributed by atoms with E-state index in [-0.39, 0.29) is 6.10 Å². The lowest BCUT2D eigenvalue weighted by atomic mass is 10.1. The average molecular weight is 249 g/mol. The number of benzene rings is 1. The molecule has 0 aliphatic carbocycles. The zero-order chi connectivity index (χ0) is 13.4. The fourth-order valence-corrected chi connectivity index (χ4v) is 1.97. The number of hydrogen-bond donors (Lipinski definition) is 1. The van der Waals surface area contributed by atoms with Gasteiger partial charge in [-0.15, -0.1) is 0 Å². The van der Waals surface area contributed by atoms with Crippen LogP contribution in [0.2, 0.25) is 0 Å². The minimum Gasteiger partial charge on any atom is -0.490 e. The summed E-state index contributed by atoms with van der Waals surface area (Å²) < 4.78 is 6.02. The van der Waals surface area contributed by atoms with Crippen LogP contribution in [0.5, 0.6) is 5.75 Å². The van der Waals surface area contributed by atoms with Crippen molar-refractivity contribution in [2.24, 2.45) is 0 Å². The molecule has 0 radical (unpaired) electrons. The van der Waals surface area contributed by atoms with Crippen LogP contribution < -0.4 is 10.1 Å². The Balaban J connectivity index is 2.33. The van der Waals surface area contributed by atoms with E-state index in [4.69, 9.17) is 4.74 Å². The predicted octanol–water partition coefficient (Wildman–Crippen LogP) is 3.79. The maximum atomic E-state index is 6.02. The maximum absolute atomic E-state index is 6.02. The molecule has 1 aromatic rings. The van der Waals surface area contributed by atoms with Gasteiger partial charge in [-0.05, 0) is 44.4 Å². The molecule has 18 heavy (non-hydrogen) atoms. The molecule has 2 heteroatoms. The molecule has 0 spiro atoms. The van der Waals surface area contributed by atoms with E-state index in [9.17, 15) is 0 Å². The molecule has 0 aliphatic heterocycles. The summed E-state index contributed by atoms with van der Waals surface area (Å²) in [5.74, 6) is 1.05. The van der Waals surface area contributed by atoms with Gasteiger partial charge in [0.15, 0.2) is 0 Å². The second-order valence-corrected chi connectivity index (χ2v) is 5.14. The Kier molecular flexibility index (Phi) is 6.81. The Morgan fingerprint density at radius 2 is 1.89 bits per heavy atom. The number of ether oxygens (including phenoxy) is 1. The van der Waals surface area contributed by atoms with E-state index in [0.29, 0.717) is 6.04 Å². The second-order valence-electron chi connectivity index (χ2n) is 5.14. The van der Waals surface area contributed by atoms with E-state index in [2.05, 4.69) is 51.2 Å². The molecule has 0 saturated heterocycles. The van der Waals surface area contributed by atoms with Crippen molar-refractivity contribution in [2.75, 3.05) is 6.54 Å². The fraction of sp³-hybridized carbons (Fsp3) is 0.625. The maximum Gasteiger partial charge on any atom is 0.122 e. The van der Waals surface area contributed by atoms with Crippen molar-refractivity contribution in [3.05, 3.63) is 29.8 Å². The van der Waals surface area contributed by atoms with Crippen molar-refractivity contribution >= 4 is 0 Å². The molecule has 0 saturated carbocycles. The Bertz CT molecular complexity index is 336. The third-order valence-electron chi connectivity index (χ3n) is 3.02. The molecule has 0 amide bonds. The Morgan fingerprint density at radius 1 is 1.17 bits per heavy atom. The second kappa shape index (κ2) is 8.15. The summed E-state index contributed by atoms with van der Waals surface area (Å²) in [5.41, 5.74) is 1.30. The van der Waals surface area contributed by atoms with E-state index < -0.39 is 0 Å². The van der Waals surface area contributed by atoms with E-state index in [1.54, 1.807) is 0 Å². The topological polar surface area (TPSA) is 21.3 Å². The van der Waals surface area contributed by atoms with Crippen LogP contribution in [0.4, 0.5) is 0 Å². The molecule has 1 atom stereocenters. The third-order valence-corrected chi connectivity index (χ3v) is 3.02. The van der Waals surface area contributed by atoms with Crippen LogP contribution in [0, 0.1) is 0 Å². The van der Waals surface area contributed by atoms with Gasteiger partial charge in [0.2, 0.25) is 0 Å². The van der Waals surface area contributed by atoms with Crippen molar-refractivity contribution in [3.63, 3.8) is 0 Å². The van der Waals surface area contributed by atoms with E-state index in [0.717, 1.165) is 31.6 Å². The molecule has 1 unspecified atom stereocenters. The van der Waals surface area contributed by atoms with Gasteiger partial charge >= 0.3 is 0 Å². The van der Waals surface area contributed by atoms with Gasteiger partial charge in [0.05, 0.1) is 6.10 Å². The largest absolute Gasteiger partial charge is 0.490 e. The molecule has 0 bridgehead atoms. The molecule has 0 fully saturated rings. The van der Waals surface area contributed by atoms with Crippen LogP contribution in [-0.2, 0) is 6.42 Å². The number of para-hydroxylation sites is 1. The van der Waals surface area contributed by atoms with Crippen molar-refractivity contribution < 1.29 is 4.74 Å². The molecule has 102 valence electrons. The van der Waals surface area contributed by atoms with Gasteiger partial charge in [-0.25, -0.2) is 0 Å². The summed E-state index contributed by atoms with van der Waals surface area (Å²) in [6, 6.07) is 8.90. The third kappa shape index (κ3) is 5.54. The number of nitrogens with one attached hydrogen (secondary N) is 1. The summed E-state index contributed by atoms with van der Waals surface area (Å²) in [7, 11) is 0. The van der Waals surface area contributed by atoms with Gasteiger partial charge in [0.1, 0.15) is 5.75 Å². The number of hydrogen-bond acceptors (Lipinski definition) is 2. The van der Waals surface area contributed by atoms with Gasteiger partial charge < -0.3 is 10.1 Å². The molecular formula is C16H27NO. The molecule has 0 aliphatic rings. The van der Waals surface area contributed by atoms with Gasteiger partial charge in [-0.3, -0.25) is 0 Å². The molecular weight excluding hydrogens is 222 g/mol. The lowest BCUT2D eigenvalue weighted by Crippen LogP contribution is -2.25. The first kappa shape index (κ1) is 15.0. The molecule has 1 aromatic carbocycles. The summed E-state index contributed by atoms with van der Waals surface area (Å²) in [6.07, 6.45) is 3.56. The van der Waals surface area contributed by atoms with Crippen LogP contribution in [0.1, 0.15) is 46.1 Å². The zero-order valence-corrected chi connectivity index (χ0v) is 12.2. The smallest absolute Gasteiger partial charge is 0.122 e. The molecule has 0 heterocycles. The van der Waals surface area contributed by atoms with Gasteiger partial charge in [0.25, 0.3) is 0 Å². The van der Waals surface area contributed by atoms with Crippen molar-refractivity contribution in [2.45, 2.75) is 59.1 Å². The van der Waals surface area contributed by atoms with Crippen LogP contribution in [-0.4, -0.2) is 18.7 Å². The quantitative estimate of drug-likeness (QED) is 0.708. The summed E-state index contributed by atoms with van der Waals surface area (Å²) >= 11 is 0. The SMILES string of the molecule is CCc1ccccc1OC(C)CCCNC(C)C. The number of rotatable bonds is 8. The Hall–Kier alpha value is -1.02. The lowest BCUT2D eigenvalue weighted by molar-refractivity contribution is 0.205. The molecule has 2 nitrogen and oxygen atoms in total. The summed E-state index contributed by atoms with van der Waals surface area (Å²) in [6.45, 7) is 9.75. The Labute approximate surface area is 112 Å². The normalized spacial score (nSPS) is 12.7. The highest BCUT2D eigenvalue weighted by Gasteiger charge is 2.06. The van der Waals surface area contributed by atoms with Gasteiger partial charge in [-0.2, -0.15) is 0 Å². The van der Waals surface area contributed by atoms with E-state index >= 15 is 0 Å². The van der Waals surface area contributed by atoms with Crippen LogP contribution in [0.15, 0.2) is 24.3 Å². The minimum absolute atomic E-state index is 0.284. The van der Waals surface area contributed by atoms with Crippen molar-refractivity contribution in [1.29, 1.82) is 0 Å². The first-order chi connectivity index (χ1) is 8.63. The standard InChI is InChI=1S/C16H27NO/c1-5-15-10-6-7-11-16(15)18-14(4)9-8-12-17-13(2)3/h6-7,10-11,13-14,17H,5,8-9,12H2,1-4H3. The highest BCUT2D eigenvalue weighted by atomic mass is 16.5. The summed E-state index contributed by atoms with van der Waals surface area (Å²) in [4.78, 5) is 0. The van der Waals surface area contributed by atoms with Gasteiger partial charge in [-0.1, -0.05) is 39.0 Å². The predicted molar refractivity (Wildman–Crippen MR) is 78.3 cm³/mol. The minimum atomic E-state index is 0.284. The first-order valence-corrected chi connectivity index (χ1v) is 7.11. The lowest BCUT2D eigenvalue weighted by Gasteiger charge is -2.17. The van der Waals surface area contributed by atoms with Crippen LogP contribution in [0.3, 0.4) is 0 Å². The fourth-order valence-electron chi connectivity index (χ4n) is 1.97. The van der Waals surface area contributed by atoms with Gasteiger partial charge in [0, 0.05) is 6.04 Å². The Morgan fingerprint density at radius 3 is 2.56 bits per heavy atom. The van der Waals surface area contributed by atoms with Crippen molar-refractivity contribution in [1.82, 2.24) is 5.32 Å². The number of aryl methyl sites for hydroxylation is 1. The van der Waals surface area contributed by atoms with Crippen LogP contribution >= 0.6 is 0 Å². The summed E-state index contributed by atoms with van der Waals surface area (Å²) in [5, 5.41) is 3.43. The highest BCUT2D eigenvalue weighted by molar-refractivity contribution is 5.33. The van der Waals surface area contributed by atoms with E-state index in [1.165, 1.54) is 5.56 Å². The monoisotopic (exact) mass is 249 g/mol. The first-order valence-electron chi connectivity index (χ1n) is 7.11. The van der Waals surface area contributed by atoms with Crippen LogP contribution in [0.25, 0.3) is 0 Å². The van der Waals surface area contributed by atoms with E-state index in [1.807, 2.05) is 6.07 Å². The molecule has 0 aromatic heterocycles. The van der Waals surface area contributed by atoms with Crippen molar-refractivity contribution in [3.8, 4) is 5.75 Å².